The van der Waals surface area contributed by atoms with E-state index in [1.165, 1.54) is 24.9 Å². The molecular weight excluding hydrogens is 288 g/mol. The number of phenols is 1. The van der Waals surface area contributed by atoms with E-state index >= 15 is 0 Å². The highest BCUT2D eigenvalue weighted by Crippen LogP contribution is 2.54. The number of morpholine rings is 1. The maximum absolute atomic E-state index is 9.91. The molecule has 5 atom stereocenters. The summed E-state index contributed by atoms with van der Waals surface area (Å²) in [5.41, 5.74) is 2.12. The van der Waals surface area contributed by atoms with E-state index in [4.69, 9.17) is 4.74 Å². The summed E-state index contributed by atoms with van der Waals surface area (Å²) in [6, 6.07) is 7.96. The average molecular weight is 310 g/mol. The molecule has 0 spiro atoms. The van der Waals surface area contributed by atoms with Gasteiger partial charge in [-0.05, 0) is 61.6 Å². The fraction of sp³-hybridized carbons (Fsp3) is 0.526. The molecule has 4 nitrogen and oxygen atoms in total. The van der Waals surface area contributed by atoms with Crippen LogP contribution in [0.4, 0.5) is 0 Å². The second-order valence-corrected chi connectivity index (χ2v) is 7.32. The molecule has 5 saturated heterocycles. The molecule has 1 N–H and O–H groups in total. The van der Waals surface area contributed by atoms with E-state index in [1.807, 2.05) is 18.3 Å². The van der Waals surface area contributed by atoms with Crippen molar-refractivity contribution in [1.29, 1.82) is 0 Å². The van der Waals surface area contributed by atoms with Crippen LogP contribution in [0.3, 0.4) is 0 Å². The van der Waals surface area contributed by atoms with Gasteiger partial charge in [0.25, 0.3) is 0 Å². The minimum atomic E-state index is 0.0179. The number of benzene rings is 1. The molecule has 1 aromatic heterocycles. The Hall–Kier alpha value is -1.65. The van der Waals surface area contributed by atoms with Crippen molar-refractivity contribution >= 4 is 10.9 Å². The minimum absolute atomic E-state index is 0.0179. The highest BCUT2D eigenvalue weighted by molar-refractivity contribution is 5.83. The van der Waals surface area contributed by atoms with Crippen LogP contribution in [0.5, 0.6) is 5.75 Å². The molecule has 7 rings (SSSR count). The lowest BCUT2D eigenvalue weighted by Crippen LogP contribution is -2.70. The Kier molecular flexibility index (Phi) is 2.80. The monoisotopic (exact) mass is 310 g/mol. The van der Waals surface area contributed by atoms with Crippen molar-refractivity contribution in [3.8, 4) is 5.75 Å². The Morgan fingerprint density at radius 2 is 2.30 bits per heavy atom. The Morgan fingerprint density at radius 1 is 1.39 bits per heavy atom. The molecule has 4 heteroatoms. The lowest BCUT2D eigenvalue weighted by molar-refractivity contribution is -0.274. The topological polar surface area (TPSA) is 45.6 Å². The van der Waals surface area contributed by atoms with Crippen LogP contribution < -0.4 is 0 Å². The number of hydrogen-bond acceptors (Lipinski definition) is 4. The molecule has 5 aliphatic heterocycles. The summed E-state index contributed by atoms with van der Waals surface area (Å²) >= 11 is 0. The van der Waals surface area contributed by atoms with Crippen LogP contribution in [0.2, 0.25) is 0 Å². The molecule has 5 unspecified atom stereocenters. The number of aromatic nitrogens is 1. The van der Waals surface area contributed by atoms with Crippen LogP contribution >= 0.6 is 0 Å². The third-order valence-electron chi connectivity index (χ3n) is 6.35. The van der Waals surface area contributed by atoms with Gasteiger partial charge in [0, 0.05) is 24.2 Å². The van der Waals surface area contributed by atoms with E-state index in [9.17, 15) is 5.11 Å². The molecule has 5 fully saturated rings. The Morgan fingerprint density at radius 3 is 3.09 bits per heavy atom. The van der Waals surface area contributed by atoms with Gasteiger partial charge in [-0.25, -0.2) is 0 Å². The van der Waals surface area contributed by atoms with Gasteiger partial charge in [-0.3, -0.25) is 9.88 Å². The highest BCUT2D eigenvalue weighted by Gasteiger charge is 2.58. The first-order chi connectivity index (χ1) is 11.2. The van der Waals surface area contributed by atoms with Gasteiger partial charge >= 0.3 is 0 Å². The zero-order valence-corrected chi connectivity index (χ0v) is 13.4. The van der Waals surface area contributed by atoms with Gasteiger partial charge in [-0.15, -0.1) is 0 Å². The highest BCUT2D eigenvalue weighted by atomic mass is 16.5. The van der Waals surface area contributed by atoms with Crippen molar-refractivity contribution in [3.63, 3.8) is 0 Å². The van der Waals surface area contributed by atoms with Gasteiger partial charge in [0.1, 0.15) is 5.75 Å². The number of ether oxygens (including phenoxy) is 1. The number of hydrogen-bond donors (Lipinski definition) is 1. The largest absolute Gasteiger partial charge is 0.508 e. The summed E-state index contributed by atoms with van der Waals surface area (Å²) in [6.45, 7) is 4.55. The summed E-state index contributed by atoms with van der Waals surface area (Å²) < 4.78 is 6.74. The summed E-state index contributed by atoms with van der Waals surface area (Å²) in [4.78, 5) is 7.08. The first-order valence-corrected chi connectivity index (χ1v) is 8.70. The molecule has 1 aromatic carbocycles. The normalized spacial score (nSPS) is 38.3. The van der Waals surface area contributed by atoms with E-state index in [1.54, 1.807) is 6.07 Å². The van der Waals surface area contributed by atoms with Crippen LogP contribution in [-0.4, -0.2) is 39.7 Å². The number of phenolic OH excluding ortho intramolecular Hbond substituents is 1. The van der Waals surface area contributed by atoms with Gasteiger partial charge in [-0.1, -0.05) is 6.92 Å². The van der Waals surface area contributed by atoms with Crippen molar-refractivity contribution < 1.29 is 9.84 Å². The van der Waals surface area contributed by atoms with Gasteiger partial charge in [0.2, 0.25) is 0 Å². The molecule has 0 amide bonds. The van der Waals surface area contributed by atoms with E-state index in [2.05, 4.69) is 22.9 Å². The van der Waals surface area contributed by atoms with E-state index in [0.29, 0.717) is 17.7 Å². The number of aromatic hydroxyl groups is 1. The number of piperidine rings is 3. The van der Waals surface area contributed by atoms with E-state index < -0.39 is 0 Å². The minimum Gasteiger partial charge on any atom is -0.508 e. The van der Waals surface area contributed by atoms with Crippen LogP contribution in [0.25, 0.3) is 10.9 Å². The standard InChI is InChI=1S/C19H22N2O2/c1-2-19-11-21-8-6-12(19)9-17(21)18(23-19)14-5-7-20-16-4-3-13(22)10-15(14)16/h3-5,7,10,12,17-18,22H,2,6,8-9,11H2,1H3. The van der Waals surface area contributed by atoms with Crippen molar-refractivity contribution in [2.75, 3.05) is 13.1 Å². The summed E-state index contributed by atoms with van der Waals surface area (Å²) in [7, 11) is 0. The predicted octanol–water partition coefficient (Wildman–Crippen LogP) is 3.25. The number of nitrogens with zero attached hydrogens (tertiary/aromatic N) is 2. The second-order valence-electron chi connectivity index (χ2n) is 7.32. The molecular formula is C19H22N2O2. The molecule has 5 aliphatic rings. The quantitative estimate of drug-likeness (QED) is 0.925. The third kappa shape index (κ3) is 1.82. The molecule has 0 radical (unpaired) electrons. The number of pyridine rings is 1. The van der Waals surface area contributed by atoms with E-state index in [-0.39, 0.29) is 11.7 Å². The van der Waals surface area contributed by atoms with Gasteiger partial charge in [0.05, 0.1) is 17.2 Å². The van der Waals surface area contributed by atoms with Crippen molar-refractivity contribution in [2.45, 2.75) is 43.9 Å². The van der Waals surface area contributed by atoms with Crippen LogP contribution in [-0.2, 0) is 4.74 Å². The predicted molar refractivity (Wildman–Crippen MR) is 88.3 cm³/mol. The van der Waals surface area contributed by atoms with Crippen molar-refractivity contribution in [1.82, 2.24) is 9.88 Å². The van der Waals surface area contributed by atoms with Crippen LogP contribution in [0.1, 0.15) is 37.9 Å². The molecule has 2 aromatic rings. The molecule has 4 bridgehead atoms. The third-order valence-corrected chi connectivity index (χ3v) is 6.35. The lowest BCUT2D eigenvalue weighted by Gasteiger charge is -2.64. The molecule has 0 aliphatic carbocycles. The maximum atomic E-state index is 9.91. The lowest BCUT2D eigenvalue weighted by atomic mass is 9.66. The summed E-state index contributed by atoms with van der Waals surface area (Å²) in [6.07, 6.45) is 5.54. The zero-order chi connectivity index (χ0) is 15.6. The smallest absolute Gasteiger partial charge is 0.116 e. The Bertz CT molecular complexity index is 777. The van der Waals surface area contributed by atoms with Gasteiger partial charge in [-0.2, -0.15) is 0 Å². The SMILES string of the molecule is CCC12CN3CCC1CC3C(c1ccnc3ccc(O)cc13)O2. The first kappa shape index (κ1) is 13.8. The van der Waals surface area contributed by atoms with Gasteiger partial charge < -0.3 is 9.84 Å². The van der Waals surface area contributed by atoms with Crippen LogP contribution in [0, 0.1) is 5.92 Å². The zero-order valence-electron chi connectivity index (χ0n) is 13.4. The van der Waals surface area contributed by atoms with E-state index in [0.717, 1.165) is 23.9 Å². The fourth-order valence-electron chi connectivity index (χ4n) is 5.13. The number of rotatable bonds is 2. The second kappa shape index (κ2) is 4.68. The molecule has 23 heavy (non-hydrogen) atoms. The molecule has 6 heterocycles. The fourth-order valence-corrected chi connectivity index (χ4v) is 5.13. The number of fused-ring (bicyclic) bond motifs is 3. The maximum Gasteiger partial charge on any atom is 0.116 e. The Balaban J connectivity index is 1.64. The van der Waals surface area contributed by atoms with Crippen molar-refractivity contribution in [3.05, 3.63) is 36.0 Å². The summed E-state index contributed by atoms with van der Waals surface area (Å²) in [5.74, 6) is 1.00. The van der Waals surface area contributed by atoms with Crippen LogP contribution in [0.15, 0.2) is 30.5 Å². The Labute approximate surface area is 136 Å². The van der Waals surface area contributed by atoms with Crippen molar-refractivity contribution in [2.24, 2.45) is 5.92 Å². The molecule has 120 valence electrons. The first-order valence-electron chi connectivity index (χ1n) is 8.70. The summed E-state index contributed by atoms with van der Waals surface area (Å²) in [5, 5.41) is 10.9. The van der Waals surface area contributed by atoms with Gasteiger partial charge in [0.15, 0.2) is 0 Å². The average Bonchev–Trinajstić information content (AvgIpc) is 2.61. The molecule has 0 saturated carbocycles.